The van der Waals surface area contributed by atoms with Gasteiger partial charge in [0.2, 0.25) is 5.91 Å². The van der Waals surface area contributed by atoms with Crippen LogP contribution in [0.4, 0.5) is 0 Å². The number of amides is 1. The maximum absolute atomic E-state index is 11.8. The van der Waals surface area contributed by atoms with Crippen LogP contribution >= 0.6 is 0 Å². The molecule has 22 heavy (non-hydrogen) atoms. The first kappa shape index (κ1) is 18.4. The number of hydrogen-bond donors (Lipinski definition) is 1. The molecule has 0 aliphatic heterocycles. The summed E-state index contributed by atoms with van der Waals surface area (Å²) in [6, 6.07) is 7.37. The van der Waals surface area contributed by atoms with Gasteiger partial charge in [-0.25, -0.2) is 8.42 Å². The average Bonchev–Trinajstić information content (AvgIpc) is 2.43. The van der Waals surface area contributed by atoms with Gasteiger partial charge in [0, 0.05) is 19.3 Å². The molecule has 6 nitrogen and oxygen atoms in total. The summed E-state index contributed by atoms with van der Waals surface area (Å²) in [6.07, 6.45) is 1.05. The van der Waals surface area contributed by atoms with Crippen molar-refractivity contribution in [2.75, 3.05) is 33.5 Å². The highest BCUT2D eigenvalue weighted by atomic mass is 32.2. The van der Waals surface area contributed by atoms with Crippen molar-refractivity contribution in [3.8, 4) is 5.75 Å². The summed E-state index contributed by atoms with van der Waals surface area (Å²) < 4.78 is 28.3. The highest BCUT2D eigenvalue weighted by Crippen LogP contribution is 2.13. The Balaban J connectivity index is 2.55. The molecule has 0 saturated heterocycles. The Morgan fingerprint density at radius 2 is 2.05 bits per heavy atom. The van der Waals surface area contributed by atoms with E-state index in [0.29, 0.717) is 6.61 Å². The Labute approximate surface area is 132 Å². The van der Waals surface area contributed by atoms with Crippen molar-refractivity contribution in [2.45, 2.75) is 18.7 Å². The average molecular weight is 328 g/mol. The normalized spacial score (nSPS) is 13.0. The second kappa shape index (κ2) is 8.14. The van der Waals surface area contributed by atoms with Gasteiger partial charge >= 0.3 is 0 Å². The summed E-state index contributed by atoms with van der Waals surface area (Å²) >= 11 is 0. The quantitative estimate of drug-likeness (QED) is 0.759. The van der Waals surface area contributed by atoms with Crippen LogP contribution < -0.4 is 10.1 Å². The molecule has 0 bridgehead atoms. The van der Waals surface area contributed by atoms with Crippen LogP contribution in [0.2, 0.25) is 0 Å². The lowest BCUT2D eigenvalue weighted by Gasteiger charge is -2.13. The smallest absolute Gasteiger partial charge is 0.238 e. The predicted molar refractivity (Wildman–Crippen MR) is 86.6 cm³/mol. The summed E-state index contributed by atoms with van der Waals surface area (Å²) in [7, 11) is 0.565. The summed E-state index contributed by atoms with van der Waals surface area (Å²) in [5.41, 5.74) is 0.858. The zero-order chi connectivity index (χ0) is 16.8. The van der Waals surface area contributed by atoms with Crippen LogP contribution in [0.15, 0.2) is 24.3 Å². The lowest BCUT2D eigenvalue weighted by atomic mass is 10.2. The van der Waals surface area contributed by atoms with Crippen molar-refractivity contribution in [2.24, 2.45) is 0 Å². The molecule has 0 aliphatic rings. The molecule has 0 fully saturated rings. The van der Waals surface area contributed by atoms with E-state index < -0.39 is 21.0 Å². The lowest BCUT2D eigenvalue weighted by molar-refractivity contribution is -0.120. The maximum atomic E-state index is 11.8. The third-order valence-corrected chi connectivity index (χ3v) is 4.68. The van der Waals surface area contributed by atoms with E-state index in [1.165, 1.54) is 6.92 Å². The SMILES string of the molecule is CC(C(=O)NCc1cccc(OCCN(C)C)c1)S(C)(=O)=O. The topological polar surface area (TPSA) is 75.7 Å². The number of rotatable bonds is 8. The van der Waals surface area contributed by atoms with Crippen LogP contribution in [-0.4, -0.2) is 58.0 Å². The van der Waals surface area contributed by atoms with Crippen molar-refractivity contribution in [3.05, 3.63) is 29.8 Å². The molecule has 1 aromatic rings. The van der Waals surface area contributed by atoms with Crippen LogP contribution in [-0.2, 0) is 21.2 Å². The Hall–Kier alpha value is -1.60. The van der Waals surface area contributed by atoms with Gasteiger partial charge in [0.25, 0.3) is 0 Å². The molecule has 0 aromatic heterocycles. The molecule has 0 spiro atoms. The van der Waals surface area contributed by atoms with E-state index in [-0.39, 0.29) is 6.54 Å². The van der Waals surface area contributed by atoms with E-state index in [9.17, 15) is 13.2 Å². The number of carbonyl (C=O) groups is 1. The molecule has 0 aliphatic carbocycles. The van der Waals surface area contributed by atoms with E-state index in [2.05, 4.69) is 5.32 Å². The number of nitrogens with one attached hydrogen (secondary N) is 1. The molecular formula is C15H24N2O4S. The van der Waals surface area contributed by atoms with Crippen molar-refractivity contribution in [1.82, 2.24) is 10.2 Å². The zero-order valence-corrected chi connectivity index (χ0v) is 14.3. The standard InChI is InChI=1S/C15H24N2O4S/c1-12(22(4,19)20)15(18)16-11-13-6-5-7-14(10-13)21-9-8-17(2)3/h5-7,10,12H,8-9,11H2,1-4H3,(H,16,18). The first-order valence-corrected chi connectivity index (χ1v) is 8.98. The fraction of sp³-hybridized carbons (Fsp3) is 0.533. The third-order valence-electron chi connectivity index (χ3n) is 3.18. The van der Waals surface area contributed by atoms with E-state index >= 15 is 0 Å². The number of benzene rings is 1. The first-order valence-electron chi connectivity index (χ1n) is 7.03. The van der Waals surface area contributed by atoms with Crippen molar-refractivity contribution < 1.29 is 17.9 Å². The molecule has 7 heteroatoms. The minimum Gasteiger partial charge on any atom is -0.492 e. The van der Waals surface area contributed by atoms with Gasteiger partial charge in [-0.15, -0.1) is 0 Å². The van der Waals surface area contributed by atoms with Gasteiger partial charge in [-0.3, -0.25) is 4.79 Å². The van der Waals surface area contributed by atoms with E-state index in [1.54, 1.807) is 0 Å². The Bertz CT molecular complexity index is 599. The monoisotopic (exact) mass is 328 g/mol. The van der Waals surface area contributed by atoms with Crippen LogP contribution in [0.3, 0.4) is 0 Å². The molecule has 124 valence electrons. The van der Waals surface area contributed by atoms with Crippen molar-refractivity contribution >= 4 is 15.7 Å². The fourth-order valence-corrected chi connectivity index (χ4v) is 2.09. The zero-order valence-electron chi connectivity index (χ0n) is 13.5. The van der Waals surface area contributed by atoms with Gasteiger partial charge in [0.05, 0.1) is 0 Å². The van der Waals surface area contributed by atoms with Gasteiger partial charge in [-0.05, 0) is 38.7 Å². The van der Waals surface area contributed by atoms with Crippen LogP contribution in [0.1, 0.15) is 12.5 Å². The number of sulfone groups is 1. The highest BCUT2D eigenvalue weighted by Gasteiger charge is 2.22. The number of carbonyl (C=O) groups excluding carboxylic acids is 1. The Morgan fingerprint density at radius 1 is 1.36 bits per heavy atom. The molecule has 1 rings (SSSR count). The van der Waals surface area contributed by atoms with E-state index in [1.807, 2.05) is 43.3 Å². The minimum absolute atomic E-state index is 0.267. The van der Waals surface area contributed by atoms with Gasteiger partial charge in [-0.2, -0.15) is 0 Å². The summed E-state index contributed by atoms with van der Waals surface area (Å²) in [5, 5.41) is 1.58. The van der Waals surface area contributed by atoms with Gasteiger partial charge in [-0.1, -0.05) is 12.1 Å². The molecule has 1 N–H and O–H groups in total. The van der Waals surface area contributed by atoms with E-state index in [4.69, 9.17) is 4.74 Å². The third kappa shape index (κ3) is 6.44. The molecule has 0 heterocycles. The van der Waals surface area contributed by atoms with Gasteiger partial charge in [0.15, 0.2) is 9.84 Å². The summed E-state index contributed by atoms with van der Waals surface area (Å²) in [5.74, 6) is 0.228. The molecule has 0 radical (unpaired) electrons. The minimum atomic E-state index is -3.38. The van der Waals surface area contributed by atoms with Crippen LogP contribution in [0, 0.1) is 0 Å². The van der Waals surface area contributed by atoms with Crippen molar-refractivity contribution in [1.29, 1.82) is 0 Å². The molecule has 1 aromatic carbocycles. The first-order chi connectivity index (χ1) is 10.2. The number of likely N-dealkylation sites (N-methyl/N-ethyl adjacent to an activating group) is 1. The summed E-state index contributed by atoms with van der Waals surface area (Å²) in [6.45, 7) is 3.04. The number of ether oxygens (including phenoxy) is 1. The number of nitrogens with zero attached hydrogens (tertiary/aromatic N) is 1. The van der Waals surface area contributed by atoms with Crippen molar-refractivity contribution in [3.63, 3.8) is 0 Å². The Morgan fingerprint density at radius 3 is 2.64 bits per heavy atom. The Kier molecular flexibility index (Phi) is 6.83. The van der Waals surface area contributed by atoms with Crippen LogP contribution in [0.25, 0.3) is 0 Å². The van der Waals surface area contributed by atoms with Gasteiger partial charge in [0.1, 0.15) is 17.6 Å². The molecule has 1 unspecified atom stereocenters. The second-order valence-electron chi connectivity index (χ2n) is 5.49. The largest absolute Gasteiger partial charge is 0.492 e. The molecule has 1 atom stereocenters. The molecule has 0 saturated carbocycles. The molecular weight excluding hydrogens is 304 g/mol. The predicted octanol–water partition coefficient (Wildman–Crippen LogP) is 0.676. The number of hydrogen-bond acceptors (Lipinski definition) is 5. The van der Waals surface area contributed by atoms with Gasteiger partial charge < -0.3 is 15.0 Å². The molecule has 1 amide bonds. The maximum Gasteiger partial charge on any atom is 0.238 e. The second-order valence-corrected chi connectivity index (χ2v) is 7.85. The van der Waals surface area contributed by atoms with Crippen LogP contribution in [0.5, 0.6) is 5.75 Å². The highest BCUT2D eigenvalue weighted by molar-refractivity contribution is 7.92. The lowest BCUT2D eigenvalue weighted by Crippen LogP contribution is -2.36. The summed E-state index contributed by atoms with van der Waals surface area (Å²) in [4.78, 5) is 13.8. The fourth-order valence-electron chi connectivity index (χ4n) is 1.62. The van der Waals surface area contributed by atoms with E-state index in [0.717, 1.165) is 24.1 Å².